The van der Waals surface area contributed by atoms with Crippen LogP contribution in [0.1, 0.15) is 58.8 Å². The molecule has 1 heterocycles. The molecule has 96 valence electrons. The Morgan fingerprint density at radius 2 is 1.88 bits per heavy atom. The molecule has 0 N–H and O–H groups in total. The van der Waals surface area contributed by atoms with Gasteiger partial charge in [0, 0.05) is 12.8 Å². The van der Waals surface area contributed by atoms with Crippen LogP contribution in [-0.2, 0) is 4.79 Å². The minimum Gasteiger partial charge on any atom is -0.298 e. The summed E-state index contributed by atoms with van der Waals surface area (Å²) in [6, 6.07) is 0. The van der Waals surface area contributed by atoms with Crippen molar-refractivity contribution in [3.8, 4) is 12.3 Å². The van der Waals surface area contributed by atoms with Gasteiger partial charge in [-0.2, -0.15) is 0 Å². The van der Waals surface area contributed by atoms with Crippen LogP contribution in [0.25, 0.3) is 0 Å². The SMILES string of the molecule is C#CCCCC(=O)C(CC)(CC)N1CCCC1. The van der Waals surface area contributed by atoms with Crippen molar-refractivity contribution in [1.82, 2.24) is 4.90 Å². The van der Waals surface area contributed by atoms with Gasteiger partial charge in [0.15, 0.2) is 5.78 Å². The third kappa shape index (κ3) is 3.10. The summed E-state index contributed by atoms with van der Waals surface area (Å²) in [5.74, 6) is 3.02. The van der Waals surface area contributed by atoms with Gasteiger partial charge in [0.1, 0.15) is 0 Å². The second-order valence-electron chi connectivity index (χ2n) is 4.91. The lowest BCUT2D eigenvalue weighted by molar-refractivity contribution is -0.131. The van der Waals surface area contributed by atoms with Gasteiger partial charge in [-0.25, -0.2) is 0 Å². The maximum Gasteiger partial charge on any atom is 0.153 e. The highest BCUT2D eigenvalue weighted by molar-refractivity contribution is 5.88. The number of carbonyl (C=O) groups is 1. The summed E-state index contributed by atoms with van der Waals surface area (Å²) in [5.41, 5.74) is -0.203. The Morgan fingerprint density at radius 1 is 1.29 bits per heavy atom. The van der Waals surface area contributed by atoms with Crippen LogP contribution < -0.4 is 0 Å². The van der Waals surface area contributed by atoms with Crippen molar-refractivity contribution in [3.63, 3.8) is 0 Å². The number of nitrogens with zero attached hydrogens (tertiary/aromatic N) is 1. The Labute approximate surface area is 106 Å². The van der Waals surface area contributed by atoms with Crippen LogP contribution in [-0.4, -0.2) is 29.3 Å². The number of ketones is 1. The van der Waals surface area contributed by atoms with Crippen molar-refractivity contribution in [2.75, 3.05) is 13.1 Å². The molecule has 0 bridgehead atoms. The normalized spacial score (nSPS) is 17.0. The zero-order chi connectivity index (χ0) is 12.7. The molecule has 1 aliphatic heterocycles. The maximum absolute atomic E-state index is 12.5. The van der Waals surface area contributed by atoms with Crippen molar-refractivity contribution >= 4 is 5.78 Å². The fourth-order valence-corrected chi connectivity index (χ4v) is 3.00. The first-order chi connectivity index (χ1) is 8.21. The van der Waals surface area contributed by atoms with E-state index in [0.29, 0.717) is 12.2 Å². The van der Waals surface area contributed by atoms with Crippen molar-refractivity contribution in [2.45, 2.75) is 64.3 Å². The molecule has 1 saturated heterocycles. The van der Waals surface area contributed by atoms with Crippen molar-refractivity contribution < 1.29 is 4.79 Å². The lowest BCUT2D eigenvalue weighted by Gasteiger charge is -2.39. The lowest BCUT2D eigenvalue weighted by Crippen LogP contribution is -2.52. The number of unbranched alkanes of at least 4 members (excludes halogenated alkanes) is 1. The molecule has 0 aliphatic carbocycles. The van der Waals surface area contributed by atoms with Gasteiger partial charge in [-0.05, 0) is 45.2 Å². The van der Waals surface area contributed by atoms with E-state index in [-0.39, 0.29) is 5.54 Å². The van der Waals surface area contributed by atoms with Crippen molar-refractivity contribution in [1.29, 1.82) is 0 Å². The Balaban J connectivity index is 2.68. The predicted octanol–water partition coefficient (Wildman–Crippen LogP) is 3.01. The molecule has 0 unspecified atom stereocenters. The molecular weight excluding hydrogens is 210 g/mol. The summed E-state index contributed by atoms with van der Waals surface area (Å²) < 4.78 is 0. The van der Waals surface area contributed by atoms with Gasteiger partial charge in [0.2, 0.25) is 0 Å². The van der Waals surface area contributed by atoms with E-state index >= 15 is 0 Å². The molecule has 0 spiro atoms. The van der Waals surface area contributed by atoms with Gasteiger partial charge in [0.25, 0.3) is 0 Å². The van der Waals surface area contributed by atoms with Crippen LogP contribution in [0.3, 0.4) is 0 Å². The van der Waals surface area contributed by atoms with Crippen LogP contribution in [0.2, 0.25) is 0 Å². The van der Waals surface area contributed by atoms with Gasteiger partial charge >= 0.3 is 0 Å². The molecule has 0 amide bonds. The van der Waals surface area contributed by atoms with Crippen molar-refractivity contribution in [3.05, 3.63) is 0 Å². The molecule has 1 aliphatic rings. The molecule has 1 rings (SSSR count). The van der Waals surface area contributed by atoms with Gasteiger partial charge in [0.05, 0.1) is 5.54 Å². The Bertz CT molecular complexity index is 280. The van der Waals surface area contributed by atoms with E-state index in [0.717, 1.165) is 38.8 Å². The number of Topliss-reactive ketones (excluding diaryl/α,β-unsaturated/α-hetero) is 1. The first-order valence-corrected chi connectivity index (χ1v) is 6.93. The molecule has 0 saturated carbocycles. The molecule has 0 aromatic heterocycles. The topological polar surface area (TPSA) is 20.3 Å². The first-order valence-electron chi connectivity index (χ1n) is 6.93. The lowest BCUT2D eigenvalue weighted by atomic mass is 9.84. The number of hydrogen-bond acceptors (Lipinski definition) is 2. The maximum atomic E-state index is 12.5. The summed E-state index contributed by atoms with van der Waals surface area (Å²) >= 11 is 0. The van der Waals surface area contributed by atoms with E-state index in [1.807, 2.05) is 0 Å². The smallest absolute Gasteiger partial charge is 0.153 e. The van der Waals surface area contributed by atoms with Crippen LogP contribution in [0.15, 0.2) is 0 Å². The Kier molecular flexibility index (Phi) is 5.71. The predicted molar refractivity (Wildman–Crippen MR) is 71.8 cm³/mol. The summed E-state index contributed by atoms with van der Waals surface area (Å²) in [7, 11) is 0. The van der Waals surface area contributed by atoms with Crippen LogP contribution in [0.5, 0.6) is 0 Å². The van der Waals surface area contributed by atoms with Gasteiger partial charge in [-0.1, -0.05) is 13.8 Å². The molecule has 2 nitrogen and oxygen atoms in total. The van der Waals surface area contributed by atoms with Crippen LogP contribution >= 0.6 is 0 Å². The highest BCUT2D eigenvalue weighted by Gasteiger charge is 2.40. The molecule has 0 aromatic rings. The van der Waals surface area contributed by atoms with Crippen LogP contribution in [0, 0.1) is 12.3 Å². The number of hydrogen-bond donors (Lipinski definition) is 0. The fourth-order valence-electron chi connectivity index (χ4n) is 3.00. The third-order valence-corrected chi connectivity index (χ3v) is 4.13. The highest BCUT2D eigenvalue weighted by Crippen LogP contribution is 2.30. The molecule has 0 aromatic carbocycles. The van der Waals surface area contributed by atoms with Gasteiger partial charge in [-0.3, -0.25) is 9.69 Å². The van der Waals surface area contributed by atoms with E-state index < -0.39 is 0 Å². The average Bonchev–Trinajstić information content (AvgIpc) is 2.86. The summed E-state index contributed by atoms with van der Waals surface area (Å²) in [4.78, 5) is 14.9. The van der Waals surface area contributed by atoms with E-state index in [1.54, 1.807) is 0 Å². The minimum atomic E-state index is -0.203. The number of terminal acetylenes is 1. The number of likely N-dealkylation sites (tertiary alicyclic amines) is 1. The Morgan fingerprint density at radius 3 is 2.35 bits per heavy atom. The van der Waals surface area contributed by atoms with E-state index in [4.69, 9.17) is 6.42 Å². The molecule has 2 heteroatoms. The summed E-state index contributed by atoms with van der Waals surface area (Å²) in [6.07, 6.45) is 11.8. The molecule has 0 atom stereocenters. The molecule has 0 radical (unpaired) electrons. The molecule has 1 fully saturated rings. The monoisotopic (exact) mass is 235 g/mol. The van der Waals surface area contributed by atoms with E-state index in [1.165, 1.54) is 12.8 Å². The standard InChI is InChI=1S/C15H25NO/c1-4-7-8-11-14(17)15(5-2,6-3)16-12-9-10-13-16/h1H,5-13H2,2-3H3. The van der Waals surface area contributed by atoms with Gasteiger partial charge < -0.3 is 0 Å². The number of carbonyl (C=O) groups excluding carboxylic acids is 1. The van der Waals surface area contributed by atoms with E-state index in [9.17, 15) is 4.79 Å². The second-order valence-corrected chi connectivity index (χ2v) is 4.91. The summed E-state index contributed by atoms with van der Waals surface area (Å²) in [6.45, 7) is 6.45. The Hall–Kier alpha value is -0.810. The first kappa shape index (κ1) is 14.3. The quantitative estimate of drug-likeness (QED) is 0.499. The zero-order valence-corrected chi connectivity index (χ0v) is 11.3. The molecular formula is C15H25NO. The van der Waals surface area contributed by atoms with Gasteiger partial charge in [-0.15, -0.1) is 12.3 Å². The minimum absolute atomic E-state index is 0.203. The van der Waals surface area contributed by atoms with Crippen LogP contribution in [0.4, 0.5) is 0 Å². The molecule has 17 heavy (non-hydrogen) atoms. The second kappa shape index (κ2) is 6.81. The summed E-state index contributed by atoms with van der Waals surface area (Å²) in [5, 5.41) is 0. The average molecular weight is 235 g/mol. The highest BCUT2D eigenvalue weighted by atomic mass is 16.1. The number of rotatable bonds is 7. The largest absolute Gasteiger partial charge is 0.298 e. The van der Waals surface area contributed by atoms with E-state index in [2.05, 4.69) is 24.7 Å². The van der Waals surface area contributed by atoms with Crippen molar-refractivity contribution in [2.24, 2.45) is 0 Å². The third-order valence-electron chi connectivity index (χ3n) is 4.13. The zero-order valence-electron chi connectivity index (χ0n) is 11.3. The fraction of sp³-hybridized carbons (Fsp3) is 0.800.